The van der Waals surface area contributed by atoms with Gasteiger partial charge in [-0.3, -0.25) is 0 Å². The maximum absolute atomic E-state index is 12.4. The molecule has 10 atom stereocenters. The van der Waals surface area contributed by atoms with Crippen molar-refractivity contribution in [1.29, 1.82) is 0 Å². The van der Waals surface area contributed by atoms with Gasteiger partial charge in [0.15, 0.2) is 0 Å². The van der Waals surface area contributed by atoms with E-state index in [2.05, 4.69) is 53.3 Å². The van der Waals surface area contributed by atoms with Crippen LogP contribution in [0.4, 0.5) is 0 Å². The smallest absolute Gasteiger partial charge is 0.108 e. The van der Waals surface area contributed by atoms with E-state index in [9.17, 15) is 10.0 Å². The molecule has 0 spiro atoms. The summed E-state index contributed by atoms with van der Waals surface area (Å²) in [6, 6.07) is 0. The Morgan fingerprint density at radius 1 is 0.909 bits per heavy atom. The Kier molecular flexibility index (Phi) is 5.04. The number of hydrogen-bond donors (Lipinski definition) is 2. The standard InChI is InChI=1S/C29H48N2O2/c1-18(2)19-8-14-28(31-33)17-16-27(7)26(6)13-9-20-24(3,4)22(32)11-12-25(20,5)21(26)10-15-29(27,30)23(19)28/h19-23,32H,1,8-17,30H2,2-7H3/t19-,20-,21+,22-,23-,25-,26+,27-,28?,29-/m0/s1. The minimum absolute atomic E-state index is 0.0198. The van der Waals surface area contributed by atoms with Crippen LogP contribution in [0.15, 0.2) is 17.3 Å². The molecule has 0 aromatic rings. The number of aliphatic hydroxyl groups is 1. The zero-order valence-electron chi connectivity index (χ0n) is 22.0. The molecule has 0 amide bonds. The second-order valence-electron chi connectivity index (χ2n) is 14.5. The van der Waals surface area contributed by atoms with E-state index in [4.69, 9.17) is 5.73 Å². The van der Waals surface area contributed by atoms with E-state index in [1.807, 2.05) is 0 Å². The molecule has 0 radical (unpaired) electrons. The van der Waals surface area contributed by atoms with Crippen molar-refractivity contribution in [1.82, 2.24) is 0 Å². The minimum atomic E-state index is -0.501. The molecule has 0 aromatic carbocycles. The van der Waals surface area contributed by atoms with Gasteiger partial charge in [-0.1, -0.05) is 51.9 Å². The van der Waals surface area contributed by atoms with Crippen molar-refractivity contribution in [2.75, 3.05) is 0 Å². The first kappa shape index (κ1) is 24.0. The molecule has 5 aliphatic carbocycles. The number of fused-ring (bicyclic) bond motifs is 7. The lowest BCUT2D eigenvalue weighted by Crippen LogP contribution is -2.77. The number of nitrogens with zero attached hydrogens (tertiary/aromatic N) is 1. The van der Waals surface area contributed by atoms with Gasteiger partial charge >= 0.3 is 0 Å². The predicted molar refractivity (Wildman–Crippen MR) is 134 cm³/mol. The fraction of sp³-hybridized carbons (Fsp3) is 0.931. The van der Waals surface area contributed by atoms with Crippen molar-refractivity contribution >= 4 is 0 Å². The Bertz CT molecular complexity index is 870. The van der Waals surface area contributed by atoms with Gasteiger partial charge in [-0.25, -0.2) is 0 Å². The van der Waals surface area contributed by atoms with E-state index in [0.29, 0.717) is 17.8 Å². The SMILES string of the molecule is C=C(C)[C@@H]1CCC2(N=O)CC[C@@]3(C)[C@]4(C)CC[C@H]5C(C)(C)[C@@H](O)CC[C@]5(C)[C@H]4CC[C@]3(N)[C@@H]12. The molecule has 4 heteroatoms. The Labute approximate surface area is 201 Å². The highest BCUT2D eigenvalue weighted by Crippen LogP contribution is 2.77. The molecule has 0 aliphatic heterocycles. The number of allylic oxidation sites excluding steroid dienone is 1. The molecular formula is C29H48N2O2. The molecule has 186 valence electrons. The average molecular weight is 457 g/mol. The molecule has 5 rings (SSSR count). The van der Waals surface area contributed by atoms with Crippen LogP contribution in [-0.4, -0.2) is 22.3 Å². The minimum Gasteiger partial charge on any atom is -0.393 e. The zero-order chi connectivity index (χ0) is 24.2. The fourth-order valence-corrected chi connectivity index (χ4v) is 11.4. The molecule has 3 N–H and O–H groups in total. The maximum atomic E-state index is 12.4. The summed E-state index contributed by atoms with van der Waals surface area (Å²) in [6.45, 7) is 18.7. The lowest BCUT2D eigenvalue weighted by Gasteiger charge is -2.75. The van der Waals surface area contributed by atoms with Crippen molar-refractivity contribution in [3.8, 4) is 0 Å². The molecule has 5 fully saturated rings. The second-order valence-corrected chi connectivity index (χ2v) is 14.5. The quantitative estimate of drug-likeness (QED) is 0.363. The Balaban J connectivity index is 1.60. The van der Waals surface area contributed by atoms with Crippen molar-refractivity contribution in [2.45, 2.75) is 123 Å². The summed E-state index contributed by atoms with van der Waals surface area (Å²) in [5.74, 6) is 1.59. The molecule has 33 heavy (non-hydrogen) atoms. The first-order valence-corrected chi connectivity index (χ1v) is 13.7. The van der Waals surface area contributed by atoms with E-state index >= 15 is 0 Å². The highest BCUT2D eigenvalue weighted by atomic mass is 16.3. The third kappa shape index (κ3) is 2.61. The van der Waals surface area contributed by atoms with E-state index in [0.717, 1.165) is 51.4 Å². The Morgan fingerprint density at radius 3 is 2.21 bits per heavy atom. The topological polar surface area (TPSA) is 75.7 Å². The largest absolute Gasteiger partial charge is 0.393 e. The van der Waals surface area contributed by atoms with Crippen molar-refractivity contribution in [3.63, 3.8) is 0 Å². The zero-order valence-corrected chi connectivity index (χ0v) is 22.0. The summed E-state index contributed by atoms with van der Waals surface area (Å²) in [4.78, 5) is 12.4. The van der Waals surface area contributed by atoms with Crippen LogP contribution in [0.2, 0.25) is 0 Å². The Hall–Kier alpha value is -0.740. The lowest BCUT2D eigenvalue weighted by atomic mass is 9.31. The highest BCUT2D eigenvalue weighted by Gasteiger charge is 2.75. The van der Waals surface area contributed by atoms with Crippen LogP contribution in [-0.2, 0) is 0 Å². The summed E-state index contributed by atoms with van der Waals surface area (Å²) < 4.78 is 0. The van der Waals surface area contributed by atoms with Crippen LogP contribution in [0.1, 0.15) is 106 Å². The third-order valence-corrected chi connectivity index (χ3v) is 13.5. The fourth-order valence-electron chi connectivity index (χ4n) is 11.4. The van der Waals surface area contributed by atoms with Gasteiger partial charge < -0.3 is 10.8 Å². The molecular weight excluding hydrogens is 408 g/mol. The number of rotatable bonds is 2. The Morgan fingerprint density at radius 2 is 1.58 bits per heavy atom. The molecule has 4 nitrogen and oxygen atoms in total. The number of nitrogens with two attached hydrogens (primary N) is 1. The van der Waals surface area contributed by atoms with E-state index in [1.165, 1.54) is 18.4 Å². The van der Waals surface area contributed by atoms with Crippen LogP contribution < -0.4 is 5.73 Å². The van der Waals surface area contributed by atoms with Crippen LogP contribution in [0.3, 0.4) is 0 Å². The van der Waals surface area contributed by atoms with Gasteiger partial charge in [0.05, 0.1) is 6.10 Å². The van der Waals surface area contributed by atoms with Crippen molar-refractivity contribution in [2.24, 2.45) is 56.2 Å². The monoisotopic (exact) mass is 456 g/mol. The third-order valence-electron chi connectivity index (χ3n) is 13.5. The summed E-state index contributed by atoms with van der Waals surface area (Å²) in [5.41, 5.74) is 8.30. The first-order valence-electron chi connectivity index (χ1n) is 13.7. The predicted octanol–water partition coefficient (Wildman–Crippen LogP) is 6.61. The van der Waals surface area contributed by atoms with E-state index < -0.39 is 5.54 Å². The summed E-state index contributed by atoms with van der Waals surface area (Å²) in [6.07, 6.45) is 10.1. The molecule has 5 aliphatic rings. The van der Waals surface area contributed by atoms with Gasteiger partial charge in [-0.15, -0.1) is 0 Å². The number of nitroso groups, excluding NO2 is 1. The molecule has 0 heterocycles. The summed E-state index contributed by atoms with van der Waals surface area (Å²) in [5, 5.41) is 14.8. The highest BCUT2D eigenvalue weighted by molar-refractivity contribution is 5.30. The number of hydrogen-bond acceptors (Lipinski definition) is 4. The maximum Gasteiger partial charge on any atom is 0.108 e. The van der Waals surface area contributed by atoms with Gasteiger partial charge in [0.25, 0.3) is 0 Å². The molecule has 5 saturated carbocycles. The van der Waals surface area contributed by atoms with Gasteiger partial charge in [0.1, 0.15) is 5.54 Å². The van der Waals surface area contributed by atoms with Gasteiger partial charge in [-0.05, 0) is 111 Å². The van der Waals surface area contributed by atoms with E-state index in [1.54, 1.807) is 0 Å². The van der Waals surface area contributed by atoms with Crippen LogP contribution in [0, 0.1) is 50.2 Å². The molecule has 0 saturated heterocycles. The van der Waals surface area contributed by atoms with Crippen LogP contribution in [0.25, 0.3) is 0 Å². The normalized spacial score (nSPS) is 57.3. The lowest BCUT2D eigenvalue weighted by molar-refractivity contribution is -0.248. The molecule has 0 aromatic heterocycles. The van der Waals surface area contributed by atoms with Crippen molar-refractivity contribution in [3.05, 3.63) is 17.1 Å². The second kappa shape index (κ2) is 6.93. The molecule has 0 bridgehead atoms. The average Bonchev–Trinajstić information content (AvgIpc) is 3.15. The van der Waals surface area contributed by atoms with Crippen LogP contribution >= 0.6 is 0 Å². The van der Waals surface area contributed by atoms with Gasteiger partial charge in [-0.2, -0.15) is 4.91 Å². The van der Waals surface area contributed by atoms with Crippen LogP contribution in [0.5, 0.6) is 0 Å². The van der Waals surface area contributed by atoms with Crippen molar-refractivity contribution < 1.29 is 5.11 Å². The first-order chi connectivity index (χ1) is 15.2. The van der Waals surface area contributed by atoms with Gasteiger partial charge in [0, 0.05) is 11.5 Å². The molecule has 1 unspecified atom stereocenters. The summed E-state index contributed by atoms with van der Waals surface area (Å²) >= 11 is 0. The number of aliphatic hydroxyl groups excluding tert-OH is 1. The summed E-state index contributed by atoms with van der Waals surface area (Å²) in [7, 11) is 0. The van der Waals surface area contributed by atoms with Gasteiger partial charge in [0.2, 0.25) is 0 Å². The van der Waals surface area contributed by atoms with E-state index in [-0.39, 0.29) is 39.2 Å².